The van der Waals surface area contributed by atoms with E-state index in [1.165, 1.54) is 6.92 Å². The molecule has 0 saturated carbocycles. The number of ether oxygens (including phenoxy) is 2. The second kappa shape index (κ2) is 6.94. The quantitative estimate of drug-likeness (QED) is 0.746. The van der Waals surface area contributed by atoms with Crippen LogP contribution in [0.4, 0.5) is 5.13 Å². The van der Waals surface area contributed by atoms with Gasteiger partial charge >= 0.3 is 0 Å². The Bertz CT molecular complexity index is 896. The van der Waals surface area contributed by atoms with Crippen molar-refractivity contribution >= 4 is 32.4 Å². The lowest BCUT2D eigenvalue weighted by Crippen LogP contribution is -2.27. The highest BCUT2D eigenvalue weighted by Crippen LogP contribution is 2.33. The molecular formula is C14H16N4O5S2. The molecule has 0 bridgehead atoms. The molecule has 2 aromatic rings. The van der Waals surface area contributed by atoms with Gasteiger partial charge in [0.15, 0.2) is 11.5 Å². The molecule has 134 valence electrons. The Kier molecular flexibility index (Phi) is 4.88. The smallest absolute Gasteiger partial charge is 0.270 e. The molecule has 0 aliphatic carbocycles. The fourth-order valence-electron chi connectivity index (χ4n) is 2.20. The van der Waals surface area contributed by atoms with Crippen LogP contribution < -0.4 is 19.5 Å². The number of aromatic nitrogens is 2. The maximum Gasteiger partial charge on any atom is 0.270 e. The number of rotatable bonds is 5. The number of nitrogens with one attached hydrogen (secondary N) is 2. The normalized spacial score (nSPS) is 14.8. The highest BCUT2D eigenvalue weighted by Gasteiger charge is 2.24. The number of carbonyl (C=O) groups excluding carboxylic acids is 1. The Morgan fingerprint density at radius 1 is 1.24 bits per heavy atom. The van der Waals surface area contributed by atoms with E-state index in [-0.39, 0.29) is 15.4 Å². The van der Waals surface area contributed by atoms with Gasteiger partial charge in [0.2, 0.25) is 15.4 Å². The zero-order chi connectivity index (χ0) is 18.0. The first kappa shape index (κ1) is 17.6. The molecule has 25 heavy (non-hydrogen) atoms. The number of hydrogen-bond acceptors (Lipinski definition) is 8. The Labute approximate surface area is 148 Å². The molecule has 1 aromatic heterocycles. The molecule has 11 heteroatoms. The average molecular weight is 384 g/mol. The number of hydrogen-bond donors (Lipinski definition) is 2. The minimum absolute atomic E-state index is 0.125. The third kappa shape index (κ3) is 4.06. The number of carbonyl (C=O) groups is 1. The molecule has 2 heterocycles. The van der Waals surface area contributed by atoms with Gasteiger partial charge in [-0.2, -0.15) is 0 Å². The molecule has 0 fully saturated rings. The molecule has 1 aliphatic heterocycles. The van der Waals surface area contributed by atoms with Gasteiger partial charge in [-0.15, -0.1) is 10.2 Å². The number of nitrogens with zero attached hydrogens (tertiary/aromatic N) is 2. The largest absolute Gasteiger partial charge is 0.486 e. The first-order valence-electron chi connectivity index (χ1n) is 7.38. The average Bonchev–Trinajstić information content (AvgIpc) is 3.02. The molecule has 1 aliphatic rings. The molecule has 0 unspecified atom stereocenters. The van der Waals surface area contributed by atoms with Gasteiger partial charge in [-0.1, -0.05) is 17.4 Å². The molecule has 1 aromatic carbocycles. The third-order valence-electron chi connectivity index (χ3n) is 3.32. The molecule has 3 rings (SSSR count). The number of anilines is 1. The number of sulfonamides is 1. The van der Waals surface area contributed by atoms with Gasteiger partial charge < -0.3 is 14.8 Å². The number of benzene rings is 1. The zero-order valence-corrected chi connectivity index (χ0v) is 15.1. The SMILES string of the molecule is CC(=O)Nc1nnc(S(=O)(=O)N[C@@H](C)c2ccc3c(c2)OCCO3)s1. The van der Waals surface area contributed by atoms with Crippen LogP contribution in [0.25, 0.3) is 0 Å². The van der Waals surface area contributed by atoms with Crippen LogP contribution in [-0.4, -0.2) is 37.7 Å². The maximum atomic E-state index is 12.4. The van der Waals surface area contributed by atoms with Gasteiger partial charge in [0.1, 0.15) is 13.2 Å². The molecule has 1 atom stereocenters. The van der Waals surface area contributed by atoms with Gasteiger partial charge in [0.25, 0.3) is 10.0 Å². The highest BCUT2D eigenvalue weighted by atomic mass is 32.2. The van der Waals surface area contributed by atoms with Crippen molar-refractivity contribution in [1.29, 1.82) is 0 Å². The van der Waals surface area contributed by atoms with Crippen molar-refractivity contribution in [3.05, 3.63) is 23.8 Å². The first-order chi connectivity index (χ1) is 11.8. The molecular weight excluding hydrogens is 368 g/mol. The summed E-state index contributed by atoms with van der Waals surface area (Å²) in [6.45, 7) is 3.95. The standard InChI is InChI=1S/C14H16N4O5S2/c1-8(10-3-4-11-12(7-10)23-6-5-22-11)18-25(20,21)14-17-16-13(24-14)15-9(2)19/h3-4,7-8,18H,5-6H2,1-2H3,(H,15,16,19)/t8-/m0/s1. The third-order valence-corrected chi connectivity index (χ3v) is 6.06. The topological polar surface area (TPSA) is 120 Å². The highest BCUT2D eigenvalue weighted by molar-refractivity contribution is 7.91. The van der Waals surface area contributed by atoms with Crippen molar-refractivity contribution in [2.45, 2.75) is 24.2 Å². The first-order valence-corrected chi connectivity index (χ1v) is 9.68. The van der Waals surface area contributed by atoms with Crippen LogP contribution in [0, 0.1) is 0 Å². The molecule has 0 saturated heterocycles. The lowest BCUT2D eigenvalue weighted by atomic mass is 10.1. The van der Waals surface area contributed by atoms with Crippen molar-refractivity contribution in [2.24, 2.45) is 0 Å². The van der Waals surface area contributed by atoms with Gasteiger partial charge in [-0.05, 0) is 24.6 Å². The van der Waals surface area contributed by atoms with Gasteiger partial charge in [0, 0.05) is 13.0 Å². The van der Waals surface area contributed by atoms with E-state index in [1.54, 1.807) is 25.1 Å². The Morgan fingerprint density at radius 3 is 2.68 bits per heavy atom. The van der Waals surface area contributed by atoms with E-state index in [0.29, 0.717) is 24.7 Å². The molecule has 1 amide bonds. The summed E-state index contributed by atoms with van der Waals surface area (Å²) in [5, 5.41) is 9.78. The summed E-state index contributed by atoms with van der Waals surface area (Å²) in [4.78, 5) is 11.0. The summed E-state index contributed by atoms with van der Waals surface area (Å²) in [7, 11) is -3.87. The van der Waals surface area contributed by atoms with Crippen LogP contribution in [0.2, 0.25) is 0 Å². The van der Waals surface area contributed by atoms with Crippen molar-refractivity contribution in [2.75, 3.05) is 18.5 Å². The summed E-state index contributed by atoms with van der Waals surface area (Å²) >= 11 is 0.779. The van der Waals surface area contributed by atoms with E-state index in [4.69, 9.17) is 9.47 Å². The van der Waals surface area contributed by atoms with Crippen LogP contribution in [-0.2, 0) is 14.8 Å². The minimum Gasteiger partial charge on any atom is -0.486 e. The van der Waals surface area contributed by atoms with Crippen LogP contribution in [0.15, 0.2) is 22.5 Å². The minimum atomic E-state index is -3.87. The van der Waals surface area contributed by atoms with E-state index < -0.39 is 16.1 Å². The summed E-state index contributed by atoms with van der Waals surface area (Å²) < 4.78 is 38.1. The number of amides is 1. The summed E-state index contributed by atoms with van der Waals surface area (Å²) in [6, 6.07) is 4.73. The van der Waals surface area contributed by atoms with Crippen LogP contribution in [0.3, 0.4) is 0 Å². The summed E-state index contributed by atoms with van der Waals surface area (Å²) in [6.07, 6.45) is 0. The van der Waals surface area contributed by atoms with Gasteiger partial charge in [-0.3, -0.25) is 4.79 Å². The zero-order valence-electron chi connectivity index (χ0n) is 13.5. The fourth-order valence-corrected chi connectivity index (χ4v) is 4.39. The van der Waals surface area contributed by atoms with Gasteiger partial charge in [0.05, 0.1) is 0 Å². The molecule has 0 radical (unpaired) electrons. The van der Waals surface area contributed by atoms with Crippen molar-refractivity contribution in [1.82, 2.24) is 14.9 Å². The van der Waals surface area contributed by atoms with Gasteiger partial charge in [-0.25, -0.2) is 13.1 Å². The van der Waals surface area contributed by atoms with Crippen LogP contribution >= 0.6 is 11.3 Å². The predicted octanol–water partition coefficient (Wildman–Crippen LogP) is 1.31. The van der Waals surface area contributed by atoms with E-state index >= 15 is 0 Å². The maximum absolute atomic E-state index is 12.4. The monoisotopic (exact) mass is 384 g/mol. The van der Waals surface area contributed by atoms with Crippen molar-refractivity contribution in [3.63, 3.8) is 0 Å². The van der Waals surface area contributed by atoms with Crippen LogP contribution in [0.5, 0.6) is 11.5 Å². The summed E-state index contributed by atoms with van der Waals surface area (Å²) in [5.41, 5.74) is 0.722. The van der Waals surface area contributed by atoms with E-state index in [1.807, 2.05) is 0 Å². The van der Waals surface area contributed by atoms with E-state index in [2.05, 4.69) is 20.2 Å². The number of fused-ring (bicyclic) bond motifs is 1. The second-order valence-electron chi connectivity index (χ2n) is 5.30. The lowest BCUT2D eigenvalue weighted by molar-refractivity contribution is -0.114. The Morgan fingerprint density at radius 2 is 1.96 bits per heavy atom. The molecule has 2 N–H and O–H groups in total. The molecule has 9 nitrogen and oxygen atoms in total. The lowest BCUT2D eigenvalue weighted by Gasteiger charge is -2.20. The van der Waals surface area contributed by atoms with Crippen LogP contribution in [0.1, 0.15) is 25.5 Å². The predicted molar refractivity (Wildman–Crippen MR) is 90.4 cm³/mol. The van der Waals surface area contributed by atoms with Crippen molar-refractivity contribution in [3.8, 4) is 11.5 Å². The Hall–Kier alpha value is -2.24. The van der Waals surface area contributed by atoms with Crippen molar-refractivity contribution < 1.29 is 22.7 Å². The molecule has 0 spiro atoms. The van der Waals surface area contributed by atoms with E-state index in [9.17, 15) is 13.2 Å². The summed E-state index contributed by atoms with van der Waals surface area (Å²) in [5.74, 6) is 0.866. The van der Waals surface area contributed by atoms with E-state index in [0.717, 1.165) is 16.9 Å². The fraction of sp³-hybridized carbons (Fsp3) is 0.357. The Balaban J connectivity index is 1.76. The second-order valence-corrected chi connectivity index (χ2v) is 8.17.